The summed E-state index contributed by atoms with van der Waals surface area (Å²) in [5, 5.41) is 40.2. The molecule has 0 aliphatic carbocycles. The van der Waals surface area contributed by atoms with E-state index in [1.165, 1.54) is 77.0 Å². The van der Waals surface area contributed by atoms with Gasteiger partial charge in [-0.25, -0.2) is 0 Å². The molecule has 0 radical (unpaired) electrons. The van der Waals surface area contributed by atoms with Crippen molar-refractivity contribution in [1.29, 1.82) is 0 Å². The first-order valence-corrected chi connectivity index (χ1v) is 25.7. The molecule has 1 saturated heterocycles. The molecule has 1 heterocycles. The van der Waals surface area contributed by atoms with E-state index in [1.54, 1.807) is 0 Å². The Morgan fingerprint density at radius 3 is 1.44 bits per heavy atom. The summed E-state index contributed by atoms with van der Waals surface area (Å²) in [6.07, 6.45) is 54.6. The van der Waals surface area contributed by atoms with Crippen LogP contribution >= 0.6 is 0 Å². The Labute approximate surface area is 390 Å². The normalized spacial score (nSPS) is 20.2. The maximum absolute atomic E-state index is 12.8. The maximum Gasteiger partial charge on any atom is 0.306 e. The Hall–Kier alpha value is -2.63. The van der Waals surface area contributed by atoms with Gasteiger partial charge in [-0.15, -0.1) is 0 Å². The van der Waals surface area contributed by atoms with Gasteiger partial charge < -0.3 is 39.4 Å². The fourth-order valence-electron chi connectivity index (χ4n) is 7.31. The van der Waals surface area contributed by atoms with E-state index in [0.717, 1.165) is 96.3 Å². The first-order valence-electron chi connectivity index (χ1n) is 25.7. The fraction of sp³-hybridized carbons (Fsp3) is 0.727. The molecule has 1 rings (SSSR count). The molecule has 0 saturated carbocycles. The molecule has 9 nitrogen and oxygen atoms in total. The number of esters is 1. The molecule has 0 amide bonds. The van der Waals surface area contributed by atoms with Gasteiger partial charge in [0.1, 0.15) is 30.5 Å². The summed E-state index contributed by atoms with van der Waals surface area (Å²) in [6, 6.07) is 0. The van der Waals surface area contributed by atoms with Crippen LogP contribution in [0.25, 0.3) is 0 Å². The zero-order valence-corrected chi connectivity index (χ0v) is 40.5. The molecule has 368 valence electrons. The zero-order valence-electron chi connectivity index (χ0n) is 40.5. The van der Waals surface area contributed by atoms with E-state index in [2.05, 4.69) is 98.9 Å². The quantitative estimate of drug-likeness (QED) is 0.0268. The van der Waals surface area contributed by atoms with Crippen molar-refractivity contribution in [3.63, 3.8) is 0 Å². The Morgan fingerprint density at radius 1 is 0.516 bits per heavy atom. The smallest absolute Gasteiger partial charge is 0.306 e. The highest BCUT2D eigenvalue weighted by Gasteiger charge is 2.44. The first kappa shape index (κ1) is 59.4. The number of ether oxygens (including phenoxy) is 4. The van der Waals surface area contributed by atoms with Gasteiger partial charge in [0.25, 0.3) is 0 Å². The number of carbonyl (C=O) groups excluding carboxylic acids is 1. The number of aliphatic hydroxyl groups excluding tert-OH is 4. The second-order valence-corrected chi connectivity index (χ2v) is 17.2. The summed E-state index contributed by atoms with van der Waals surface area (Å²) >= 11 is 0. The molecule has 4 N–H and O–H groups in total. The molecule has 6 unspecified atom stereocenters. The van der Waals surface area contributed by atoms with Gasteiger partial charge in [-0.3, -0.25) is 4.79 Å². The molecule has 6 atom stereocenters. The molecule has 9 heteroatoms. The lowest BCUT2D eigenvalue weighted by molar-refractivity contribution is -0.305. The third-order valence-corrected chi connectivity index (χ3v) is 11.3. The number of allylic oxidation sites excluding steroid dienone is 14. The van der Waals surface area contributed by atoms with Crippen LogP contribution in [-0.4, -0.2) is 89.6 Å². The zero-order chi connectivity index (χ0) is 46.4. The van der Waals surface area contributed by atoms with Crippen LogP contribution in [0.5, 0.6) is 0 Å². The summed E-state index contributed by atoms with van der Waals surface area (Å²) < 4.78 is 22.9. The molecule has 1 aliphatic heterocycles. The SMILES string of the molecule is CC/C=C\C/C=C\C/C=C\C/C=C\C/C=C\CCCCCCCCCCOCC(COC1OC(CO)C(O)C(O)C1O)OC(=O)CCCCCCCCC/C=C\C/C=C\CCCCC. The van der Waals surface area contributed by atoms with Gasteiger partial charge in [-0.05, 0) is 89.9 Å². The van der Waals surface area contributed by atoms with Crippen molar-refractivity contribution in [2.75, 3.05) is 26.4 Å². The third-order valence-electron chi connectivity index (χ3n) is 11.3. The second-order valence-electron chi connectivity index (χ2n) is 17.2. The molecular formula is C55H94O9. The van der Waals surface area contributed by atoms with E-state index in [1.807, 2.05) is 0 Å². The van der Waals surface area contributed by atoms with Gasteiger partial charge in [0.2, 0.25) is 0 Å². The highest BCUT2D eigenvalue weighted by atomic mass is 16.7. The van der Waals surface area contributed by atoms with E-state index in [0.29, 0.717) is 13.0 Å². The third kappa shape index (κ3) is 35.6. The van der Waals surface area contributed by atoms with Crippen LogP contribution in [-0.2, 0) is 23.7 Å². The van der Waals surface area contributed by atoms with Gasteiger partial charge in [0, 0.05) is 13.0 Å². The van der Waals surface area contributed by atoms with Crippen LogP contribution in [0.1, 0.15) is 194 Å². The molecule has 0 aromatic rings. The van der Waals surface area contributed by atoms with Crippen molar-refractivity contribution in [2.45, 2.75) is 230 Å². The highest BCUT2D eigenvalue weighted by Crippen LogP contribution is 2.22. The largest absolute Gasteiger partial charge is 0.457 e. The van der Waals surface area contributed by atoms with Gasteiger partial charge in [-0.2, -0.15) is 0 Å². The van der Waals surface area contributed by atoms with Crippen molar-refractivity contribution < 1.29 is 44.2 Å². The van der Waals surface area contributed by atoms with Crippen LogP contribution in [0, 0.1) is 0 Å². The minimum Gasteiger partial charge on any atom is -0.457 e. The Balaban J connectivity index is 2.22. The highest BCUT2D eigenvalue weighted by molar-refractivity contribution is 5.69. The number of hydrogen-bond acceptors (Lipinski definition) is 9. The molecule has 0 aromatic heterocycles. The summed E-state index contributed by atoms with van der Waals surface area (Å²) in [7, 11) is 0. The predicted octanol–water partition coefficient (Wildman–Crippen LogP) is 12.6. The van der Waals surface area contributed by atoms with Crippen molar-refractivity contribution in [1.82, 2.24) is 0 Å². The van der Waals surface area contributed by atoms with E-state index >= 15 is 0 Å². The first-order chi connectivity index (χ1) is 31.4. The molecule has 0 spiro atoms. The predicted molar refractivity (Wildman–Crippen MR) is 265 cm³/mol. The van der Waals surface area contributed by atoms with Crippen LogP contribution in [0.2, 0.25) is 0 Å². The number of carbonyl (C=O) groups is 1. The van der Waals surface area contributed by atoms with Gasteiger partial charge in [-0.1, -0.05) is 182 Å². The summed E-state index contributed by atoms with van der Waals surface area (Å²) in [4.78, 5) is 12.8. The lowest BCUT2D eigenvalue weighted by Gasteiger charge is -2.39. The Kier molecular flexibility index (Phi) is 42.2. The van der Waals surface area contributed by atoms with Gasteiger partial charge >= 0.3 is 5.97 Å². The lowest BCUT2D eigenvalue weighted by Crippen LogP contribution is -2.59. The van der Waals surface area contributed by atoms with E-state index in [-0.39, 0.29) is 19.2 Å². The molecule has 64 heavy (non-hydrogen) atoms. The number of unbranched alkanes of at least 4 members (excludes halogenated alkanes) is 18. The Bertz CT molecular complexity index is 1250. The monoisotopic (exact) mass is 899 g/mol. The number of hydrogen-bond donors (Lipinski definition) is 4. The number of rotatable bonds is 43. The summed E-state index contributed by atoms with van der Waals surface area (Å²) in [6.45, 7) is 4.39. The van der Waals surface area contributed by atoms with E-state index in [4.69, 9.17) is 18.9 Å². The van der Waals surface area contributed by atoms with Crippen molar-refractivity contribution in [2.24, 2.45) is 0 Å². The van der Waals surface area contributed by atoms with E-state index in [9.17, 15) is 25.2 Å². The average Bonchev–Trinajstić information content (AvgIpc) is 3.30. The maximum atomic E-state index is 12.8. The van der Waals surface area contributed by atoms with Crippen LogP contribution in [0.15, 0.2) is 85.1 Å². The summed E-state index contributed by atoms with van der Waals surface area (Å²) in [5.74, 6) is -0.327. The van der Waals surface area contributed by atoms with Crippen LogP contribution in [0.4, 0.5) is 0 Å². The minimum atomic E-state index is -1.54. The molecular weight excluding hydrogens is 805 g/mol. The Morgan fingerprint density at radius 2 is 0.953 bits per heavy atom. The number of aliphatic hydroxyl groups is 4. The van der Waals surface area contributed by atoms with E-state index < -0.39 is 43.4 Å². The fourth-order valence-corrected chi connectivity index (χ4v) is 7.31. The molecule has 1 aliphatic rings. The average molecular weight is 899 g/mol. The van der Waals surface area contributed by atoms with Crippen molar-refractivity contribution in [3.8, 4) is 0 Å². The summed E-state index contributed by atoms with van der Waals surface area (Å²) in [5.41, 5.74) is 0. The molecule has 1 fully saturated rings. The van der Waals surface area contributed by atoms with Crippen LogP contribution < -0.4 is 0 Å². The molecule has 0 bridgehead atoms. The van der Waals surface area contributed by atoms with Gasteiger partial charge in [0.05, 0.1) is 19.8 Å². The second kappa shape index (κ2) is 45.5. The minimum absolute atomic E-state index is 0.125. The van der Waals surface area contributed by atoms with Crippen molar-refractivity contribution in [3.05, 3.63) is 85.1 Å². The topological polar surface area (TPSA) is 135 Å². The standard InChI is InChI=1S/C55H94O9/c1-3-5-7-9-11-13-15-17-19-21-22-23-24-25-26-27-29-31-33-35-37-39-41-43-45-61-47-49(48-62-55-54(60)53(59)52(58)50(46-56)64-55)63-51(57)44-42-40-38-36-34-32-30-28-20-18-16-14-12-10-8-6-4-2/h5,7,11-14,17-20,22-23,25-26,49-50,52-56,58-60H,3-4,6,8-10,15-16,21,24,27-48H2,1-2H3/b7-5-,13-11-,14-12-,19-17-,20-18-,23-22-,26-25-. The molecule has 0 aromatic carbocycles. The lowest BCUT2D eigenvalue weighted by atomic mass is 9.99. The van der Waals surface area contributed by atoms with Crippen LogP contribution in [0.3, 0.4) is 0 Å². The van der Waals surface area contributed by atoms with Crippen molar-refractivity contribution >= 4 is 5.97 Å². The van der Waals surface area contributed by atoms with Gasteiger partial charge in [0.15, 0.2) is 6.29 Å².